The van der Waals surface area contributed by atoms with Crippen LogP contribution in [0.25, 0.3) is 0 Å². The van der Waals surface area contributed by atoms with Crippen LogP contribution < -0.4 is 15.8 Å². The molecule has 0 unspecified atom stereocenters. The predicted octanol–water partition coefficient (Wildman–Crippen LogP) is 2.98. The molecule has 0 fully saturated rings. The second-order valence-electron chi connectivity index (χ2n) is 6.07. The minimum absolute atomic E-state index is 0.141. The molecule has 7 nitrogen and oxygen atoms in total. The number of benzene rings is 2. The molecule has 0 bridgehead atoms. The number of ether oxygens (including phenoxy) is 1. The van der Waals surface area contributed by atoms with Crippen molar-refractivity contribution in [2.45, 2.75) is 13.1 Å². The van der Waals surface area contributed by atoms with Gasteiger partial charge in [-0.2, -0.15) is 15.0 Å². The number of anilines is 3. The molecular weight excluding hydrogens is 347 g/mol. The molecule has 0 spiro atoms. The minimum Gasteiger partial charge on any atom is -0.494 e. The van der Waals surface area contributed by atoms with Crippen LogP contribution in [-0.4, -0.2) is 34.0 Å². The van der Waals surface area contributed by atoms with E-state index in [4.69, 9.17) is 10.5 Å². The van der Waals surface area contributed by atoms with Crippen LogP contribution in [0.2, 0.25) is 0 Å². The standard InChI is InChI=1S/C19H21FN6O/c1-26(11-13-8-9-16(27-2)15(20)10-13)12-17-23-18(21)25-19(24-17)22-14-6-4-3-5-7-14/h3-10H,11-12H2,1-2H3,(H3,21,22,23,24,25). The van der Waals surface area contributed by atoms with Crippen LogP contribution in [0.1, 0.15) is 11.4 Å². The van der Waals surface area contributed by atoms with Crippen LogP contribution in [-0.2, 0) is 13.1 Å². The van der Waals surface area contributed by atoms with E-state index in [1.54, 1.807) is 6.07 Å². The number of nitrogens with one attached hydrogen (secondary N) is 1. The molecule has 1 aromatic heterocycles. The third kappa shape index (κ3) is 5.11. The van der Waals surface area contributed by atoms with Crippen LogP contribution >= 0.6 is 0 Å². The van der Waals surface area contributed by atoms with E-state index in [1.165, 1.54) is 13.2 Å². The third-order valence-corrected chi connectivity index (χ3v) is 3.81. The van der Waals surface area contributed by atoms with Crippen molar-refractivity contribution in [3.63, 3.8) is 0 Å². The summed E-state index contributed by atoms with van der Waals surface area (Å²) in [6, 6.07) is 14.5. The van der Waals surface area contributed by atoms with E-state index in [0.29, 0.717) is 24.9 Å². The first kappa shape index (κ1) is 18.5. The average Bonchev–Trinajstić information content (AvgIpc) is 2.62. The van der Waals surface area contributed by atoms with Gasteiger partial charge in [0.05, 0.1) is 13.7 Å². The molecule has 0 saturated heterocycles. The molecule has 1 heterocycles. The van der Waals surface area contributed by atoms with Gasteiger partial charge in [0.1, 0.15) is 5.82 Å². The van der Waals surface area contributed by atoms with E-state index in [1.807, 2.05) is 48.3 Å². The number of para-hydroxylation sites is 1. The van der Waals surface area contributed by atoms with E-state index in [-0.39, 0.29) is 17.5 Å². The highest BCUT2D eigenvalue weighted by molar-refractivity contribution is 5.53. The van der Waals surface area contributed by atoms with Crippen molar-refractivity contribution in [3.05, 3.63) is 65.7 Å². The molecule has 3 aromatic rings. The number of aromatic nitrogens is 3. The van der Waals surface area contributed by atoms with Crippen molar-refractivity contribution in [1.29, 1.82) is 0 Å². The van der Waals surface area contributed by atoms with Gasteiger partial charge in [-0.1, -0.05) is 24.3 Å². The molecule has 0 saturated carbocycles. The van der Waals surface area contributed by atoms with Crippen molar-refractivity contribution in [1.82, 2.24) is 19.9 Å². The van der Waals surface area contributed by atoms with Gasteiger partial charge in [-0.05, 0) is 36.9 Å². The molecular formula is C19H21FN6O. The second-order valence-corrected chi connectivity index (χ2v) is 6.07. The maximum Gasteiger partial charge on any atom is 0.232 e. The first-order valence-electron chi connectivity index (χ1n) is 8.37. The summed E-state index contributed by atoms with van der Waals surface area (Å²) in [5.41, 5.74) is 7.49. The summed E-state index contributed by atoms with van der Waals surface area (Å²) in [6.07, 6.45) is 0. The molecule has 0 radical (unpaired) electrons. The van der Waals surface area contributed by atoms with E-state index in [0.717, 1.165) is 11.3 Å². The van der Waals surface area contributed by atoms with E-state index < -0.39 is 0 Å². The maximum atomic E-state index is 13.8. The second kappa shape index (κ2) is 8.41. The Morgan fingerprint density at radius 2 is 1.85 bits per heavy atom. The molecule has 8 heteroatoms. The van der Waals surface area contributed by atoms with Crippen molar-refractivity contribution in [2.75, 3.05) is 25.2 Å². The number of nitrogens with two attached hydrogens (primary N) is 1. The Morgan fingerprint density at radius 1 is 1.07 bits per heavy atom. The third-order valence-electron chi connectivity index (χ3n) is 3.81. The molecule has 2 aromatic carbocycles. The highest BCUT2D eigenvalue weighted by Crippen LogP contribution is 2.19. The molecule has 140 valence electrons. The molecule has 0 aliphatic heterocycles. The number of rotatable bonds is 7. The lowest BCUT2D eigenvalue weighted by Crippen LogP contribution is -2.20. The van der Waals surface area contributed by atoms with Gasteiger partial charge in [-0.25, -0.2) is 4.39 Å². The summed E-state index contributed by atoms with van der Waals surface area (Å²) < 4.78 is 18.8. The van der Waals surface area contributed by atoms with Crippen LogP contribution in [0.15, 0.2) is 48.5 Å². The van der Waals surface area contributed by atoms with Gasteiger partial charge in [0.25, 0.3) is 0 Å². The number of halogens is 1. The Hall–Kier alpha value is -3.26. The Balaban J connectivity index is 1.68. The van der Waals surface area contributed by atoms with Gasteiger partial charge in [0.15, 0.2) is 11.6 Å². The lowest BCUT2D eigenvalue weighted by Gasteiger charge is -2.17. The Morgan fingerprint density at radius 3 is 2.56 bits per heavy atom. The lowest BCUT2D eigenvalue weighted by atomic mass is 10.2. The van der Waals surface area contributed by atoms with E-state index in [9.17, 15) is 4.39 Å². The van der Waals surface area contributed by atoms with Crippen molar-refractivity contribution < 1.29 is 9.13 Å². The molecule has 0 atom stereocenters. The number of hydrogen-bond acceptors (Lipinski definition) is 7. The van der Waals surface area contributed by atoms with Crippen molar-refractivity contribution >= 4 is 17.6 Å². The monoisotopic (exact) mass is 368 g/mol. The number of nitrogen functional groups attached to an aromatic ring is 1. The molecule has 3 rings (SSSR count). The zero-order valence-electron chi connectivity index (χ0n) is 15.2. The molecule has 3 N–H and O–H groups in total. The fourth-order valence-corrected chi connectivity index (χ4v) is 2.63. The summed E-state index contributed by atoms with van der Waals surface area (Å²) in [7, 11) is 3.34. The summed E-state index contributed by atoms with van der Waals surface area (Å²) in [5.74, 6) is 0.887. The van der Waals surface area contributed by atoms with Gasteiger partial charge in [-0.15, -0.1) is 0 Å². The SMILES string of the molecule is COc1ccc(CN(C)Cc2nc(N)nc(Nc3ccccc3)n2)cc1F. The van der Waals surface area contributed by atoms with Gasteiger partial charge < -0.3 is 15.8 Å². The van der Waals surface area contributed by atoms with Crippen LogP contribution in [0.5, 0.6) is 5.75 Å². The van der Waals surface area contributed by atoms with Gasteiger partial charge in [0.2, 0.25) is 11.9 Å². The predicted molar refractivity (Wildman–Crippen MR) is 102 cm³/mol. The first-order chi connectivity index (χ1) is 13.0. The lowest BCUT2D eigenvalue weighted by molar-refractivity contribution is 0.309. The molecule has 0 amide bonds. The normalized spacial score (nSPS) is 10.8. The number of hydrogen-bond donors (Lipinski definition) is 2. The summed E-state index contributed by atoms with van der Waals surface area (Å²) in [6.45, 7) is 0.956. The summed E-state index contributed by atoms with van der Waals surface area (Å²) in [5, 5.41) is 3.10. The largest absolute Gasteiger partial charge is 0.494 e. The smallest absolute Gasteiger partial charge is 0.232 e. The number of methoxy groups -OCH3 is 1. The fraction of sp³-hybridized carbons (Fsp3) is 0.211. The Kier molecular flexibility index (Phi) is 5.77. The van der Waals surface area contributed by atoms with Gasteiger partial charge in [-0.3, -0.25) is 4.90 Å². The topological polar surface area (TPSA) is 89.2 Å². The zero-order valence-corrected chi connectivity index (χ0v) is 15.2. The Bertz CT molecular complexity index is 906. The highest BCUT2D eigenvalue weighted by Gasteiger charge is 2.10. The Labute approximate surface area is 157 Å². The summed E-state index contributed by atoms with van der Waals surface area (Å²) >= 11 is 0. The maximum absolute atomic E-state index is 13.8. The average molecular weight is 368 g/mol. The van der Waals surface area contributed by atoms with Crippen molar-refractivity contribution in [3.8, 4) is 5.75 Å². The van der Waals surface area contributed by atoms with Gasteiger partial charge >= 0.3 is 0 Å². The van der Waals surface area contributed by atoms with Crippen LogP contribution in [0, 0.1) is 5.82 Å². The van der Waals surface area contributed by atoms with Crippen molar-refractivity contribution in [2.24, 2.45) is 0 Å². The highest BCUT2D eigenvalue weighted by atomic mass is 19.1. The first-order valence-corrected chi connectivity index (χ1v) is 8.37. The van der Waals surface area contributed by atoms with Crippen LogP contribution in [0.4, 0.5) is 22.0 Å². The van der Waals surface area contributed by atoms with Crippen LogP contribution in [0.3, 0.4) is 0 Å². The summed E-state index contributed by atoms with van der Waals surface area (Å²) in [4.78, 5) is 14.7. The quantitative estimate of drug-likeness (QED) is 0.663. The number of nitrogens with zero attached hydrogens (tertiary/aromatic N) is 4. The van der Waals surface area contributed by atoms with E-state index >= 15 is 0 Å². The minimum atomic E-state index is -0.387. The fourth-order valence-electron chi connectivity index (χ4n) is 2.63. The van der Waals surface area contributed by atoms with Gasteiger partial charge in [0, 0.05) is 12.2 Å². The van der Waals surface area contributed by atoms with E-state index in [2.05, 4.69) is 20.3 Å². The molecule has 0 aliphatic carbocycles. The molecule has 27 heavy (non-hydrogen) atoms. The molecule has 0 aliphatic rings. The zero-order chi connectivity index (χ0) is 19.2.